The van der Waals surface area contributed by atoms with Crippen molar-refractivity contribution in [1.29, 1.82) is 0 Å². The van der Waals surface area contributed by atoms with Crippen LogP contribution in [0.4, 0.5) is 0 Å². The fourth-order valence-corrected chi connectivity index (χ4v) is 2.41. The largest absolute Gasteiger partial charge is 0.494 e. The number of carbonyl (C=O) groups excluding carboxylic acids is 1. The summed E-state index contributed by atoms with van der Waals surface area (Å²) in [4.78, 5) is 13.4. The van der Waals surface area contributed by atoms with E-state index in [0.717, 1.165) is 25.1 Å². The number of aryl methyl sites for hydroxylation is 1. The van der Waals surface area contributed by atoms with E-state index >= 15 is 0 Å². The van der Waals surface area contributed by atoms with Gasteiger partial charge in [0, 0.05) is 25.6 Å². The second-order valence-electron chi connectivity index (χ2n) is 4.98. The lowest BCUT2D eigenvalue weighted by atomic mass is 10.1. The molecule has 0 saturated carbocycles. The van der Waals surface area contributed by atoms with Crippen molar-refractivity contribution in [2.75, 3.05) is 19.7 Å². The molecule has 0 spiro atoms. The molecule has 1 aromatic rings. The Labute approximate surface area is 114 Å². The van der Waals surface area contributed by atoms with E-state index in [4.69, 9.17) is 10.5 Å². The minimum Gasteiger partial charge on any atom is -0.494 e. The molecule has 1 saturated heterocycles. The molecule has 104 valence electrons. The van der Waals surface area contributed by atoms with Crippen LogP contribution in [-0.2, 0) is 11.2 Å². The number of hydrogen-bond donors (Lipinski definition) is 1. The van der Waals surface area contributed by atoms with Crippen LogP contribution in [0.15, 0.2) is 24.3 Å². The third-order valence-electron chi connectivity index (χ3n) is 3.37. The van der Waals surface area contributed by atoms with Crippen molar-refractivity contribution in [2.24, 2.45) is 5.73 Å². The van der Waals surface area contributed by atoms with Crippen molar-refractivity contribution >= 4 is 5.91 Å². The third kappa shape index (κ3) is 3.96. The topological polar surface area (TPSA) is 55.6 Å². The molecule has 1 aliphatic heterocycles. The normalized spacial score (nSPS) is 18.9. The lowest BCUT2D eigenvalue weighted by Crippen LogP contribution is -2.29. The van der Waals surface area contributed by atoms with Crippen LogP contribution >= 0.6 is 0 Å². The molecule has 1 amide bonds. The number of benzene rings is 1. The summed E-state index contributed by atoms with van der Waals surface area (Å²) in [6, 6.07) is 8.19. The number of carbonyl (C=O) groups is 1. The first-order chi connectivity index (χ1) is 9.19. The molecule has 2 rings (SSSR count). The van der Waals surface area contributed by atoms with Crippen molar-refractivity contribution in [3.05, 3.63) is 29.8 Å². The highest BCUT2D eigenvalue weighted by Gasteiger charge is 2.25. The average Bonchev–Trinajstić information content (AvgIpc) is 2.71. The molecule has 4 heteroatoms. The second kappa shape index (κ2) is 6.57. The van der Waals surface area contributed by atoms with Gasteiger partial charge in [0.2, 0.25) is 5.91 Å². The van der Waals surface area contributed by atoms with Gasteiger partial charge in [-0.15, -0.1) is 0 Å². The number of likely N-dealkylation sites (tertiary alicyclic amines) is 1. The van der Waals surface area contributed by atoms with E-state index in [-0.39, 0.29) is 11.9 Å². The Morgan fingerprint density at radius 3 is 2.68 bits per heavy atom. The molecule has 1 unspecified atom stereocenters. The van der Waals surface area contributed by atoms with Gasteiger partial charge in [-0.2, -0.15) is 0 Å². The predicted molar refractivity (Wildman–Crippen MR) is 75.1 cm³/mol. The molecule has 0 radical (unpaired) electrons. The fraction of sp³-hybridized carbons (Fsp3) is 0.533. The molecular weight excluding hydrogens is 240 g/mol. The number of ether oxygens (including phenoxy) is 1. The van der Waals surface area contributed by atoms with Gasteiger partial charge >= 0.3 is 0 Å². The Kier molecular flexibility index (Phi) is 4.80. The van der Waals surface area contributed by atoms with Crippen LogP contribution in [-0.4, -0.2) is 36.5 Å². The molecule has 0 aliphatic carbocycles. The summed E-state index contributed by atoms with van der Waals surface area (Å²) in [7, 11) is 0. The van der Waals surface area contributed by atoms with Crippen LogP contribution in [0, 0.1) is 0 Å². The van der Waals surface area contributed by atoms with Gasteiger partial charge in [-0.1, -0.05) is 12.1 Å². The summed E-state index contributed by atoms with van der Waals surface area (Å²) in [6.07, 6.45) is 2.46. The zero-order valence-corrected chi connectivity index (χ0v) is 11.5. The zero-order valence-electron chi connectivity index (χ0n) is 11.5. The van der Waals surface area contributed by atoms with Gasteiger partial charge in [0.1, 0.15) is 5.75 Å². The maximum atomic E-state index is 11.6. The van der Waals surface area contributed by atoms with Crippen LogP contribution in [0.2, 0.25) is 0 Å². The minimum atomic E-state index is 0.0259. The van der Waals surface area contributed by atoms with Crippen LogP contribution in [0.3, 0.4) is 0 Å². The predicted octanol–water partition coefficient (Wildman–Crippen LogP) is 1.58. The SMILES string of the molecule is CCOc1ccc(CCCN2CC(N)CC2=O)cc1. The lowest BCUT2D eigenvalue weighted by Gasteiger charge is -2.15. The molecule has 1 fully saturated rings. The molecule has 0 bridgehead atoms. The zero-order chi connectivity index (χ0) is 13.7. The first kappa shape index (κ1) is 13.9. The van der Waals surface area contributed by atoms with Gasteiger partial charge in [-0.25, -0.2) is 0 Å². The van der Waals surface area contributed by atoms with E-state index in [1.54, 1.807) is 0 Å². The van der Waals surface area contributed by atoms with E-state index in [9.17, 15) is 4.79 Å². The average molecular weight is 262 g/mol. The van der Waals surface area contributed by atoms with E-state index < -0.39 is 0 Å². The van der Waals surface area contributed by atoms with E-state index in [1.165, 1.54) is 5.56 Å². The van der Waals surface area contributed by atoms with Crippen molar-refractivity contribution in [3.63, 3.8) is 0 Å². The van der Waals surface area contributed by atoms with Crippen LogP contribution in [0.1, 0.15) is 25.3 Å². The van der Waals surface area contributed by atoms with E-state index in [2.05, 4.69) is 12.1 Å². The lowest BCUT2D eigenvalue weighted by molar-refractivity contribution is -0.127. The fourth-order valence-electron chi connectivity index (χ4n) is 2.41. The number of nitrogens with zero attached hydrogens (tertiary/aromatic N) is 1. The highest BCUT2D eigenvalue weighted by atomic mass is 16.5. The molecule has 2 N–H and O–H groups in total. The van der Waals surface area contributed by atoms with Crippen molar-refractivity contribution in [1.82, 2.24) is 4.90 Å². The molecular formula is C15H22N2O2. The number of rotatable bonds is 6. The number of hydrogen-bond acceptors (Lipinski definition) is 3. The molecule has 1 aromatic carbocycles. The van der Waals surface area contributed by atoms with Crippen molar-refractivity contribution < 1.29 is 9.53 Å². The van der Waals surface area contributed by atoms with Crippen LogP contribution in [0.25, 0.3) is 0 Å². The van der Waals surface area contributed by atoms with E-state index in [0.29, 0.717) is 19.6 Å². The van der Waals surface area contributed by atoms with E-state index in [1.807, 2.05) is 24.0 Å². The molecule has 0 aromatic heterocycles. The molecule has 1 aliphatic rings. The molecule has 19 heavy (non-hydrogen) atoms. The van der Waals surface area contributed by atoms with Gasteiger partial charge in [-0.3, -0.25) is 4.79 Å². The van der Waals surface area contributed by atoms with Crippen molar-refractivity contribution in [2.45, 2.75) is 32.2 Å². The summed E-state index contributed by atoms with van der Waals surface area (Å²) in [5.74, 6) is 1.10. The maximum Gasteiger partial charge on any atom is 0.224 e. The highest BCUT2D eigenvalue weighted by Crippen LogP contribution is 2.14. The Morgan fingerprint density at radius 2 is 2.11 bits per heavy atom. The summed E-state index contributed by atoms with van der Waals surface area (Å²) in [5, 5.41) is 0. The van der Waals surface area contributed by atoms with Crippen LogP contribution in [0.5, 0.6) is 5.75 Å². The quantitative estimate of drug-likeness (QED) is 0.846. The highest BCUT2D eigenvalue weighted by molar-refractivity contribution is 5.79. The summed E-state index contributed by atoms with van der Waals surface area (Å²) >= 11 is 0. The Hall–Kier alpha value is -1.55. The molecule has 4 nitrogen and oxygen atoms in total. The summed E-state index contributed by atoms with van der Waals surface area (Å²) in [5.41, 5.74) is 7.04. The Morgan fingerprint density at radius 1 is 1.37 bits per heavy atom. The third-order valence-corrected chi connectivity index (χ3v) is 3.37. The van der Waals surface area contributed by atoms with Crippen molar-refractivity contribution in [3.8, 4) is 5.75 Å². The smallest absolute Gasteiger partial charge is 0.224 e. The maximum absolute atomic E-state index is 11.6. The van der Waals surface area contributed by atoms with Gasteiger partial charge in [-0.05, 0) is 37.5 Å². The van der Waals surface area contributed by atoms with Gasteiger partial charge < -0.3 is 15.4 Å². The Balaban J connectivity index is 1.75. The first-order valence-corrected chi connectivity index (χ1v) is 6.94. The first-order valence-electron chi connectivity index (χ1n) is 6.94. The minimum absolute atomic E-state index is 0.0259. The van der Waals surface area contributed by atoms with Gasteiger partial charge in [0.05, 0.1) is 6.61 Å². The van der Waals surface area contributed by atoms with Gasteiger partial charge in [0.15, 0.2) is 0 Å². The molecule has 1 atom stereocenters. The standard InChI is InChI=1S/C15H22N2O2/c1-2-19-14-7-5-12(6-8-14)4-3-9-17-11-13(16)10-15(17)18/h5-8,13H,2-4,9-11,16H2,1H3. The monoisotopic (exact) mass is 262 g/mol. The second-order valence-corrected chi connectivity index (χ2v) is 4.98. The molecule has 1 heterocycles. The number of amides is 1. The summed E-state index contributed by atoms with van der Waals surface area (Å²) in [6.45, 7) is 4.18. The Bertz CT molecular complexity index is 417. The van der Waals surface area contributed by atoms with Gasteiger partial charge in [0.25, 0.3) is 0 Å². The summed E-state index contributed by atoms with van der Waals surface area (Å²) < 4.78 is 5.41. The van der Waals surface area contributed by atoms with Crippen LogP contribution < -0.4 is 10.5 Å². The number of nitrogens with two attached hydrogens (primary N) is 1.